The summed E-state index contributed by atoms with van der Waals surface area (Å²) < 4.78 is 0. The van der Waals surface area contributed by atoms with Crippen LogP contribution in [0.3, 0.4) is 0 Å². The summed E-state index contributed by atoms with van der Waals surface area (Å²) in [5, 5.41) is 0. The van der Waals surface area contributed by atoms with Gasteiger partial charge in [-0.2, -0.15) is 0 Å². The van der Waals surface area contributed by atoms with Crippen LogP contribution < -0.4 is 0 Å². The van der Waals surface area contributed by atoms with Crippen molar-refractivity contribution in [3.63, 3.8) is 0 Å². The number of hydrogen-bond donors (Lipinski definition) is 0. The number of hydrogen-bond acceptors (Lipinski definition) is 1. The second-order valence-electron chi connectivity index (χ2n) is 4.34. The summed E-state index contributed by atoms with van der Waals surface area (Å²) in [7, 11) is 0. The fourth-order valence-corrected chi connectivity index (χ4v) is 2.16. The lowest BCUT2D eigenvalue weighted by Gasteiger charge is -2.03. The minimum atomic E-state index is 0.640. The average molecular weight is 209 g/mol. The van der Waals surface area contributed by atoms with E-state index < -0.39 is 0 Å². The molecule has 0 saturated carbocycles. The molecule has 3 rings (SSSR count). The summed E-state index contributed by atoms with van der Waals surface area (Å²) in [5.41, 5.74) is 2.85. The van der Waals surface area contributed by atoms with Gasteiger partial charge in [0, 0.05) is 19.1 Å². The lowest BCUT2D eigenvalue weighted by Crippen LogP contribution is -1.98. The zero-order chi connectivity index (χ0) is 10.8. The van der Waals surface area contributed by atoms with Crippen molar-refractivity contribution in [2.45, 2.75) is 12.6 Å². The predicted molar refractivity (Wildman–Crippen MR) is 66.0 cm³/mol. The molecule has 0 bridgehead atoms. The summed E-state index contributed by atoms with van der Waals surface area (Å²) >= 11 is 0. The van der Waals surface area contributed by atoms with Gasteiger partial charge in [0.05, 0.1) is 0 Å². The SMILES string of the molecule is c1ccc(CN2C[C@@H]2c2ccccc2)cc1. The average Bonchev–Trinajstić information content (AvgIpc) is 3.11. The normalized spacial score (nSPS) is 23.0. The molecule has 2 atom stereocenters. The Labute approximate surface area is 96.3 Å². The van der Waals surface area contributed by atoms with Gasteiger partial charge >= 0.3 is 0 Å². The fourth-order valence-electron chi connectivity index (χ4n) is 2.16. The maximum absolute atomic E-state index is 2.49. The summed E-state index contributed by atoms with van der Waals surface area (Å²) in [6.07, 6.45) is 0. The van der Waals surface area contributed by atoms with Crippen LogP contribution in [0.2, 0.25) is 0 Å². The Kier molecular flexibility index (Phi) is 2.47. The third-order valence-electron chi connectivity index (χ3n) is 3.13. The molecule has 80 valence electrons. The van der Waals surface area contributed by atoms with E-state index in [0.717, 1.165) is 6.54 Å². The first kappa shape index (κ1) is 9.61. The van der Waals surface area contributed by atoms with Gasteiger partial charge in [-0.3, -0.25) is 4.90 Å². The first-order valence-electron chi connectivity index (χ1n) is 5.76. The molecule has 1 fully saturated rings. The van der Waals surface area contributed by atoms with E-state index in [2.05, 4.69) is 65.6 Å². The van der Waals surface area contributed by atoms with Gasteiger partial charge in [0.2, 0.25) is 0 Å². The molecule has 1 unspecified atom stereocenters. The van der Waals surface area contributed by atoms with E-state index in [1.54, 1.807) is 0 Å². The molecule has 2 aromatic rings. The summed E-state index contributed by atoms with van der Waals surface area (Å²) in [4.78, 5) is 2.49. The van der Waals surface area contributed by atoms with Gasteiger partial charge < -0.3 is 0 Å². The molecule has 0 spiro atoms. The largest absolute Gasteiger partial charge is 0.289 e. The molecular weight excluding hydrogens is 194 g/mol. The highest BCUT2D eigenvalue weighted by atomic mass is 15.3. The van der Waals surface area contributed by atoms with E-state index in [4.69, 9.17) is 0 Å². The molecule has 0 amide bonds. The van der Waals surface area contributed by atoms with Crippen LogP contribution in [0.15, 0.2) is 60.7 Å². The van der Waals surface area contributed by atoms with E-state index in [1.807, 2.05) is 0 Å². The standard InChI is InChI=1S/C15H15N/c1-3-7-13(8-4-1)11-16-12-15(16)14-9-5-2-6-10-14/h1-10,15H,11-12H2/t15-,16?/m1/s1. The smallest absolute Gasteiger partial charge is 0.0479 e. The van der Waals surface area contributed by atoms with Crippen LogP contribution in [0.4, 0.5) is 0 Å². The first-order valence-corrected chi connectivity index (χ1v) is 5.76. The Hall–Kier alpha value is -1.60. The van der Waals surface area contributed by atoms with Crippen molar-refractivity contribution in [2.24, 2.45) is 0 Å². The topological polar surface area (TPSA) is 3.01 Å². The van der Waals surface area contributed by atoms with Gasteiger partial charge in [-0.15, -0.1) is 0 Å². The van der Waals surface area contributed by atoms with Crippen molar-refractivity contribution in [1.82, 2.24) is 4.90 Å². The van der Waals surface area contributed by atoms with Crippen LogP contribution in [0, 0.1) is 0 Å². The molecule has 0 N–H and O–H groups in total. The summed E-state index contributed by atoms with van der Waals surface area (Å²) in [6.45, 7) is 2.26. The Morgan fingerprint density at radius 2 is 1.50 bits per heavy atom. The van der Waals surface area contributed by atoms with Gasteiger partial charge in [0.15, 0.2) is 0 Å². The van der Waals surface area contributed by atoms with Crippen LogP contribution >= 0.6 is 0 Å². The summed E-state index contributed by atoms with van der Waals surface area (Å²) in [6, 6.07) is 22.1. The lowest BCUT2D eigenvalue weighted by molar-refractivity contribution is 0.509. The Morgan fingerprint density at radius 3 is 2.19 bits per heavy atom. The highest BCUT2D eigenvalue weighted by molar-refractivity contribution is 5.25. The van der Waals surface area contributed by atoms with Crippen LogP contribution in [0.5, 0.6) is 0 Å². The second kappa shape index (κ2) is 4.11. The van der Waals surface area contributed by atoms with E-state index in [-0.39, 0.29) is 0 Å². The van der Waals surface area contributed by atoms with Crippen molar-refractivity contribution in [1.29, 1.82) is 0 Å². The van der Waals surface area contributed by atoms with Crippen LogP contribution in [0.25, 0.3) is 0 Å². The first-order chi connectivity index (χ1) is 7.93. The maximum atomic E-state index is 2.49. The minimum Gasteiger partial charge on any atom is -0.289 e. The predicted octanol–water partition coefficient (Wildman–Crippen LogP) is 3.24. The zero-order valence-corrected chi connectivity index (χ0v) is 9.21. The van der Waals surface area contributed by atoms with E-state index in [9.17, 15) is 0 Å². The van der Waals surface area contributed by atoms with E-state index >= 15 is 0 Å². The maximum Gasteiger partial charge on any atom is 0.0479 e. The molecule has 0 aromatic heterocycles. The van der Waals surface area contributed by atoms with Gasteiger partial charge in [-0.25, -0.2) is 0 Å². The minimum absolute atomic E-state index is 0.640. The molecule has 0 radical (unpaired) electrons. The highest BCUT2D eigenvalue weighted by Crippen LogP contribution is 2.35. The third-order valence-corrected chi connectivity index (χ3v) is 3.13. The molecule has 0 aliphatic carbocycles. The molecule has 1 aliphatic rings. The zero-order valence-electron chi connectivity index (χ0n) is 9.21. The van der Waals surface area contributed by atoms with E-state index in [0.29, 0.717) is 6.04 Å². The summed E-state index contributed by atoms with van der Waals surface area (Å²) in [5.74, 6) is 0. The van der Waals surface area contributed by atoms with Crippen molar-refractivity contribution >= 4 is 0 Å². The van der Waals surface area contributed by atoms with Gasteiger partial charge in [-0.1, -0.05) is 60.7 Å². The molecule has 1 heterocycles. The van der Waals surface area contributed by atoms with Crippen LogP contribution in [-0.4, -0.2) is 11.4 Å². The number of rotatable bonds is 3. The molecule has 1 heteroatoms. The van der Waals surface area contributed by atoms with Crippen molar-refractivity contribution in [3.8, 4) is 0 Å². The lowest BCUT2D eigenvalue weighted by atomic mass is 10.1. The van der Waals surface area contributed by atoms with Crippen molar-refractivity contribution in [3.05, 3.63) is 71.8 Å². The quantitative estimate of drug-likeness (QED) is 0.701. The Bertz CT molecular complexity index is 449. The number of benzene rings is 2. The second-order valence-corrected chi connectivity index (χ2v) is 4.34. The van der Waals surface area contributed by atoms with Gasteiger partial charge in [0.1, 0.15) is 0 Å². The molecular formula is C15H15N. The van der Waals surface area contributed by atoms with Crippen LogP contribution in [0.1, 0.15) is 17.2 Å². The molecule has 16 heavy (non-hydrogen) atoms. The Morgan fingerprint density at radius 1 is 0.875 bits per heavy atom. The molecule has 1 nitrogen and oxygen atoms in total. The van der Waals surface area contributed by atoms with Crippen molar-refractivity contribution < 1.29 is 0 Å². The molecule has 1 saturated heterocycles. The monoisotopic (exact) mass is 209 g/mol. The van der Waals surface area contributed by atoms with Gasteiger partial charge in [-0.05, 0) is 11.1 Å². The van der Waals surface area contributed by atoms with Crippen molar-refractivity contribution in [2.75, 3.05) is 6.54 Å². The molecule has 2 aromatic carbocycles. The third kappa shape index (κ3) is 2.00. The van der Waals surface area contributed by atoms with E-state index in [1.165, 1.54) is 17.7 Å². The van der Waals surface area contributed by atoms with Gasteiger partial charge in [0.25, 0.3) is 0 Å². The highest BCUT2D eigenvalue weighted by Gasteiger charge is 2.34. The molecule has 1 aliphatic heterocycles. The Balaban J connectivity index is 1.65. The van der Waals surface area contributed by atoms with Crippen LogP contribution in [-0.2, 0) is 6.54 Å². The number of nitrogens with zero attached hydrogens (tertiary/aromatic N) is 1. The fraction of sp³-hybridized carbons (Fsp3) is 0.200.